The molecular weight excluding hydrogens is 289 g/mol. The first-order valence-electron chi connectivity index (χ1n) is 3.75. The molecule has 5 heteroatoms. The number of alkyl halides is 1. The Bertz CT molecular complexity index is 364. The van der Waals surface area contributed by atoms with Gasteiger partial charge in [-0.3, -0.25) is 0 Å². The fourth-order valence-electron chi connectivity index (χ4n) is 0.792. The molecule has 0 aliphatic carbocycles. The average Bonchev–Trinajstić information content (AvgIpc) is 2.16. The van der Waals surface area contributed by atoms with E-state index in [0.29, 0.717) is 10.8 Å². The highest BCUT2D eigenvalue weighted by atomic mass is 79.9. The van der Waals surface area contributed by atoms with Crippen molar-refractivity contribution in [2.45, 2.75) is 5.38 Å². The van der Waals surface area contributed by atoms with Crippen molar-refractivity contribution in [2.75, 3.05) is 6.61 Å². The highest BCUT2D eigenvalue weighted by molar-refractivity contribution is 9.10. The Kier molecular flexibility index (Phi) is 4.53. The molecule has 1 rings (SSSR count). The number of rotatable bonds is 3. The van der Waals surface area contributed by atoms with Gasteiger partial charge in [-0.15, -0.1) is 11.6 Å². The molecule has 0 saturated heterocycles. The maximum absolute atomic E-state index is 8.42. The topological polar surface area (TPSA) is 33.0 Å². The van der Waals surface area contributed by atoms with Crippen molar-refractivity contribution >= 4 is 39.1 Å². The van der Waals surface area contributed by atoms with Crippen LogP contribution < -0.4 is 4.74 Å². The van der Waals surface area contributed by atoms with Gasteiger partial charge in [0.1, 0.15) is 12.4 Å². The van der Waals surface area contributed by atoms with Crippen molar-refractivity contribution in [3.63, 3.8) is 0 Å². The molecule has 0 fully saturated rings. The Labute approximate surface area is 101 Å². The van der Waals surface area contributed by atoms with E-state index in [9.17, 15) is 0 Å². The van der Waals surface area contributed by atoms with Crippen LogP contribution in [0.3, 0.4) is 0 Å². The van der Waals surface area contributed by atoms with E-state index in [1.165, 1.54) is 0 Å². The van der Waals surface area contributed by atoms with Gasteiger partial charge >= 0.3 is 0 Å². The van der Waals surface area contributed by atoms with Crippen LogP contribution in [0.25, 0.3) is 0 Å². The van der Waals surface area contributed by atoms with Crippen LogP contribution in [-0.2, 0) is 0 Å². The molecule has 0 N–H and O–H groups in total. The summed E-state index contributed by atoms with van der Waals surface area (Å²) in [5.74, 6) is 0.524. The summed E-state index contributed by atoms with van der Waals surface area (Å²) in [6.07, 6.45) is 0. The third-order valence-electron chi connectivity index (χ3n) is 1.42. The summed E-state index contributed by atoms with van der Waals surface area (Å²) in [4.78, 5) is 0. The molecule has 1 unspecified atom stereocenters. The van der Waals surface area contributed by atoms with Crippen LogP contribution >= 0.6 is 39.1 Å². The van der Waals surface area contributed by atoms with E-state index in [-0.39, 0.29) is 6.61 Å². The van der Waals surface area contributed by atoms with E-state index in [2.05, 4.69) is 15.9 Å². The number of nitrogens with zero attached hydrogens (tertiary/aromatic N) is 1. The zero-order chi connectivity index (χ0) is 10.6. The Morgan fingerprint density at radius 2 is 2.29 bits per heavy atom. The molecule has 0 bridgehead atoms. The predicted octanol–water partition coefficient (Wildman–Crippen LogP) is 3.61. The minimum absolute atomic E-state index is 0.124. The Morgan fingerprint density at radius 3 is 2.86 bits per heavy atom. The maximum Gasteiger partial charge on any atom is 0.154 e. The highest BCUT2D eigenvalue weighted by Gasteiger charge is 2.06. The van der Waals surface area contributed by atoms with E-state index in [1.54, 1.807) is 18.2 Å². The summed E-state index contributed by atoms with van der Waals surface area (Å²) in [7, 11) is 0. The molecule has 0 amide bonds. The molecule has 74 valence electrons. The molecule has 14 heavy (non-hydrogen) atoms. The summed E-state index contributed by atoms with van der Waals surface area (Å²) in [6, 6.07) is 7.09. The lowest BCUT2D eigenvalue weighted by Crippen LogP contribution is -2.09. The Morgan fingerprint density at radius 1 is 1.57 bits per heavy atom. The van der Waals surface area contributed by atoms with Gasteiger partial charge in [0.15, 0.2) is 5.38 Å². The van der Waals surface area contributed by atoms with E-state index in [0.717, 1.165) is 4.47 Å². The normalized spacial score (nSPS) is 11.9. The molecule has 1 aromatic carbocycles. The number of nitriles is 1. The zero-order valence-corrected chi connectivity index (χ0v) is 10.1. The van der Waals surface area contributed by atoms with Gasteiger partial charge in [-0.1, -0.05) is 27.5 Å². The molecule has 2 nitrogen and oxygen atoms in total. The summed E-state index contributed by atoms with van der Waals surface area (Å²) < 4.78 is 6.11. The minimum atomic E-state index is -0.658. The molecule has 0 aromatic heterocycles. The first-order valence-corrected chi connectivity index (χ1v) is 5.35. The first kappa shape index (κ1) is 11.6. The van der Waals surface area contributed by atoms with Crippen molar-refractivity contribution in [3.05, 3.63) is 27.7 Å². The first-order chi connectivity index (χ1) is 6.63. The standard InChI is InChI=1S/C9H6BrCl2NO/c10-6-1-2-9(8(12)3-6)14-5-7(11)4-13/h1-3,7H,5H2. The monoisotopic (exact) mass is 293 g/mol. The van der Waals surface area contributed by atoms with E-state index >= 15 is 0 Å². The molecule has 1 atom stereocenters. The van der Waals surface area contributed by atoms with Gasteiger partial charge in [0.2, 0.25) is 0 Å². The van der Waals surface area contributed by atoms with Crippen LogP contribution in [0.4, 0.5) is 0 Å². The molecule has 0 saturated carbocycles. The quantitative estimate of drug-likeness (QED) is 0.798. The molecule has 0 aliphatic heterocycles. The van der Waals surface area contributed by atoms with Gasteiger partial charge in [0, 0.05) is 4.47 Å². The van der Waals surface area contributed by atoms with Crippen molar-refractivity contribution in [1.82, 2.24) is 0 Å². The number of hydrogen-bond acceptors (Lipinski definition) is 2. The van der Waals surface area contributed by atoms with E-state index in [1.807, 2.05) is 6.07 Å². The third kappa shape index (κ3) is 3.38. The van der Waals surface area contributed by atoms with Gasteiger partial charge in [-0.25, -0.2) is 0 Å². The van der Waals surface area contributed by atoms with E-state index < -0.39 is 5.38 Å². The average molecular weight is 295 g/mol. The second-order valence-corrected chi connectivity index (χ2v) is 4.33. The SMILES string of the molecule is N#CC(Cl)COc1ccc(Br)cc1Cl. The summed E-state index contributed by atoms with van der Waals surface area (Å²) >= 11 is 14.7. The molecule has 1 aromatic rings. The van der Waals surface area contributed by atoms with Gasteiger partial charge in [-0.05, 0) is 18.2 Å². The van der Waals surface area contributed by atoms with Gasteiger partial charge in [0.25, 0.3) is 0 Å². The van der Waals surface area contributed by atoms with Crippen LogP contribution in [0, 0.1) is 11.3 Å². The van der Waals surface area contributed by atoms with Gasteiger partial charge < -0.3 is 4.74 Å². The van der Waals surface area contributed by atoms with Crippen LogP contribution in [0.15, 0.2) is 22.7 Å². The highest BCUT2D eigenvalue weighted by Crippen LogP contribution is 2.27. The van der Waals surface area contributed by atoms with E-state index in [4.69, 9.17) is 33.2 Å². The minimum Gasteiger partial charge on any atom is -0.489 e. The van der Waals surface area contributed by atoms with Crippen molar-refractivity contribution in [2.24, 2.45) is 0 Å². The van der Waals surface area contributed by atoms with Crippen molar-refractivity contribution in [3.8, 4) is 11.8 Å². The Balaban J connectivity index is 2.64. The number of halogens is 3. The molecule has 0 aliphatic rings. The maximum atomic E-state index is 8.42. The number of hydrogen-bond donors (Lipinski definition) is 0. The fourth-order valence-corrected chi connectivity index (χ4v) is 1.58. The molecular formula is C9H6BrCl2NO. The second kappa shape index (κ2) is 5.45. The van der Waals surface area contributed by atoms with Crippen LogP contribution in [0.2, 0.25) is 5.02 Å². The largest absolute Gasteiger partial charge is 0.489 e. The van der Waals surface area contributed by atoms with Crippen LogP contribution in [0.1, 0.15) is 0 Å². The van der Waals surface area contributed by atoms with Gasteiger partial charge in [-0.2, -0.15) is 5.26 Å². The third-order valence-corrected chi connectivity index (χ3v) is 2.43. The molecule has 0 heterocycles. The number of ether oxygens (including phenoxy) is 1. The fraction of sp³-hybridized carbons (Fsp3) is 0.222. The lowest BCUT2D eigenvalue weighted by molar-refractivity contribution is 0.329. The van der Waals surface area contributed by atoms with Crippen molar-refractivity contribution in [1.29, 1.82) is 5.26 Å². The summed E-state index contributed by atoms with van der Waals surface area (Å²) in [5.41, 5.74) is 0. The van der Waals surface area contributed by atoms with Gasteiger partial charge in [0.05, 0.1) is 11.1 Å². The lowest BCUT2D eigenvalue weighted by Gasteiger charge is -2.07. The summed E-state index contributed by atoms with van der Waals surface area (Å²) in [5, 5.41) is 8.25. The van der Waals surface area contributed by atoms with Crippen molar-refractivity contribution < 1.29 is 4.74 Å². The van der Waals surface area contributed by atoms with Crippen LogP contribution in [-0.4, -0.2) is 12.0 Å². The smallest absolute Gasteiger partial charge is 0.154 e. The second-order valence-electron chi connectivity index (χ2n) is 2.48. The predicted molar refractivity (Wildman–Crippen MR) is 59.9 cm³/mol. The zero-order valence-electron chi connectivity index (χ0n) is 7.01. The molecule has 0 radical (unpaired) electrons. The number of benzene rings is 1. The Hall–Kier alpha value is -0.430. The summed E-state index contributed by atoms with van der Waals surface area (Å²) in [6.45, 7) is 0.124. The lowest BCUT2D eigenvalue weighted by atomic mass is 10.3. The molecule has 0 spiro atoms. The van der Waals surface area contributed by atoms with Crippen LogP contribution in [0.5, 0.6) is 5.75 Å².